The van der Waals surface area contributed by atoms with Crippen LogP contribution in [0.2, 0.25) is 5.15 Å². The first kappa shape index (κ1) is 12.4. The van der Waals surface area contributed by atoms with Crippen LogP contribution >= 0.6 is 11.6 Å². The first-order valence-corrected chi connectivity index (χ1v) is 6.05. The molecule has 1 aromatic heterocycles. The molecular weight excluding hydrogens is 242 g/mol. The Morgan fingerprint density at radius 3 is 3.18 bits per heavy atom. The van der Waals surface area contributed by atoms with Gasteiger partial charge in [-0.2, -0.15) is 0 Å². The summed E-state index contributed by atoms with van der Waals surface area (Å²) in [5.74, 6) is 1.64. The van der Waals surface area contributed by atoms with Crippen molar-refractivity contribution in [1.82, 2.24) is 9.97 Å². The lowest BCUT2D eigenvalue weighted by atomic mass is 10.0. The minimum atomic E-state index is 0.324. The highest BCUT2D eigenvalue weighted by Crippen LogP contribution is 2.28. The molecule has 1 fully saturated rings. The molecule has 1 N–H and O–H groups in total. The molecule has 6 heteroatoms. The van der Waals surface area contributed by atoms with Gasteiger partial charge in [-0.05, 0) is 18.8 Å². The molecule has 2 heterocycles. The summed E-state index contributed by atoms with van der Waals surface area (Å²) in [5.41, 5.74) is 0. The van der Waals surface area contributed by atoms with Crippen LogP contribution in [-0.2, 0) is 4.74 Å². The van der Waals surface area contributed by atoms with Gasteiger partial charge < -0.3 is 14.8 Å². The van der Waals surface area contributed by atoms with Gasteiger partial charge in [0.25, 0.3) is 0 Å². The summed E-state index contributed by atoms with van der Waals surface area (Å²) in [4.78, 5) is 7.99. The van der Waals surface area contributed by atoms with Gasteiger partial charge in [0.1, 0.15) is 6.33 Å². The topological polar surface area (TPSA) is 56.3 Å². The van der Waals surface area contributed by atoms with Crippen LogP contribution in [0, 0.1) is 5.92 Å². The summed E-state index contributed by atoms with van der Waals surface area (Å²) in [6, 6.07) is 0. The Labute approximate surface area is 105 Å². The normalized spacial score (nSPS) is 20.0. The maximum atomic E-state index is 5.91. The second kappa shape index (κ2) is 6.02. The fourth-order valence-corrected chi connectivity index (χ4v) is 2.08. The molecule has 1 aliphatic heterocycles. The number of ether oxygens (including phenoxy) is 2. The van der Waals surface area contributed by atoms with E-state index in [4.69, 9.17) is 21.1 Å². The largest absolute Gasteiger partial charge is 0.490 e. The molecule has 2 rings (SSSR count). The minimum absolute atomic E-state index is 0.324. The molecule has 1 aliphatic rings. The molecule has 94 valence electrons. The van der Waals surface area contributed by atoms with Gasteiger partial charge in [-0.3, -0.25) is 0 Å². The Bertz CT molecular complexity index is 370. The SMILES string of the molecule is COc1c(Cl)ncnc1NCC1CCCOC1. The number of anilines is 1. The maximum Gasteiger partial charge on any atom is 0.198 e. The molecule has 0 radical (unpaired) electrons. The Balaban J connectivity index is 1.95. The highest BCUT2D eigenvalue weighted by molar-refractivity contribution is 6.31. The van der Waals surface area contributed by atoms with E-state index < -0.39 is 0 Å². The molecular formula is C11H16ClN3O2. The monoisotopic (exact) mass is 257 g/mol. The molecule has 0 bridgehead atoms. The van der Waals surface area contributed by atoms with Crippen LogP contribution in [0.15, 0.2) is 6.33 Å². The summed E-state index contributed by atoms with van der Waals surface area (Å²) >= 11 is 5.91. The number of aromatic nitrogens is 2. The van der Waals surface area contributed by atoms with E-state index in [1.54, 1.807) is 7.11 Å². The van der Waals surface area contributed by atoms with E-state index in [0.717, 1.165) is 26.2 Å². The first-order valence-electron chi connectivity index (χ1n) is 5.67. The van der Waals surface area contributed by atoms with Crippen molar-refractivity contribution in [2.45, 2.75) is 12.8 Å². The Morgan fingerprint density at radius 1 is 1.59 bits per heavy atom. The molecule has 1 saturated heterocycles. The van der Waals surface area contributed by atoms with E-state index in [1.165, 1.54) is 12.7 Å². The van der Waals surface area contributed by atoms with Crippen LogP contribution in [-0.4, -0.2) is 36.8 Å². The number of rotatable bonds is 4. The second-order valence-corrected chi connectivity index (χ2v) is 4.37. The number of nitrogens with zero attached hydrogens (tertiary/aromatic N) is 2. The molecule has 0 spiro atoms. The minimum Gasteiger partial charge on any atom is -0.490 e. The second-order valence-electron chi connectivity index (χ2n) is 4.01. The van der Waals surface area contributed by atoms with Gasteiger partial charge in [-0.15, -0.1) is 0 Å². The maximum absolute atomic E-state index is 5.91. The van der Waals surface area contributed by atoms with Gasteiger partial charge >= 0.3 is 0 Å². The van der Waals surface area contributed by atoms with Gasteiger partial charge in [0.05, 0.1) is 13.7 Å². The third-order valence-electron chi connectivity index (χ3n) is 2.78. The molecule has 0 amide bonds. The van der Waals surface area contributed by atoms with Crippen molar-refractivity contribution < 1.29 is 9.47 Å². The first-order chi connectivity index (χ1) is 8.31. The number of hydrogen-bond donors (Lipinski definition) is 1. The van der Waals surface area contributed by atoms with Crippen LogP contribution in [0.3, 0.4) is 0 Å². The van der Waals surface area contributed by atoms with E-state index in [2.05, 4.69) is 15.3 Å². The quantitative estimate of drug-likeness (QED) is 0.836. The number of methoxy groups -OCH3 is 1. The van der Waals surface area contributed by atoms with E-state index in [1.807, 2.05) is 0 Å². The third kappa shape index (κ3) is 3.20. The molecule has 0 aromatic carbocycles. The van der Waals surface area contributed by atoms with Crippen molar-refractivity contribution in [3.05, 3.63) is 11.5 Å². The van der Waals surface area contributed by atoms with E-state index in [0.29, 0.717) is 22.6 Å². The Hall–Kier alpha value is -1.07. The van der Waals surface area contributed by atoms with E-state index in [9.17, 15) is 0 Å². The fraction of sp³-hybridized carbons (Fsp3) is 0.636. The molecule has 17 heavy (non-hydrogen) atoms. The standard InChI is InChI=1S/C11H16ClN3O2/c1-16-9-10(12)14-7-15-11(9)13-5-8-3-2-4-17-6-8/h7-8H,2-6H2,1H3,(H,13,14,15). The van der Waals surface area contributed by atoms with Gasteiger partial charge in [0.2, 0.25) is 0 Å². The highest BCUT2D eigenvalue weighted by atomic mass is 35.5. The van der Waals surface area contributed by atoms with Crippen LogP contribution in [0.5, 0.6) is 5.75 Å². The van der Waals surface area contributed by atoms with Crippen molar-refractivity contribution in [3.8, 4) is 5.75 Å². The smallest absolute Gasteiger partial charge is 0.198 e. The average molecular weight is 258 g/mol. The molecule has 5 nitrogen and oxygen atoms in total. The van der Waals surface area contributed by atoms with Gasteiger partial charge in [0.15, 0.2) is 16.7 Å². The van der Waals surface area contributed by atoms with Gasteiger partial charge in [0, 0.05) is 13.2 Å². The zero-order valence-electron chi connectivity index (χ0n) is 9.78. The zero-order chi connectivity index (χ0) is 12.1. The molecule has 0 aliphatic carbocycles. The molecule has 1 atom stereocenters. The molecule has 1 unspecified atom stereocenters. The van der Waals surface area contributed by atoms with Crippen LogP contribution in [0.1, 0.15) is 12.8 Å². The zero-order valence-corrected chi connectivity index (χ0v) is 10.5. The Morgan fingerprint density at radius 2 is 2.47 bits per heavy atom. The number of nitrogens with one attached hydrogen (secondary N) is 1. The van der Waals surface area contributed by atoms with Crippen molar-refractivity contribution >= 4 is 17.4 Å². The molecule has 1 aromatic rings. The lowest BCUT2D eigenvalue weighted by Crippen LogP contribution is -2.24. The summed E-state index contributed by atoms with van der Waals surface area (Å²) in [5, 5.41) is 3.56. The summed E-state index contributed by atoms with van der Waals surface area (Å²) < 4.78 is 10.6. The highest BCUT2D eigenvalue weighted by Gasteiger charge is 2.16. The number of hydrogen-bond acceptors (Lipinski definition) is 5. The average Bonchev–Trinajstić information content (AvgIpc) is 2.37. The third-order valence-corrected chi connectivity index (χ3v) is 3.05. The van der Waals surface area contributed by atoms with E-state index >= 15 is 0 Å². The van der Waals surface area contributed by atoms with Crippen molar-refractivity contribution in [1.29, 1.82) is 0 Å². The lowest BCUT2D eigenvalue weighted by Gasteiger charge is -2.22. The van der Waals surface area contributed by atoms with Crippen molar-refractivity contribution in [2.24, 2.45) is 5.92 Å². The van der Waals surface area contributed by atoms with Crippen LogP contribution < -0.4 is 10.1 Å². The molecule has 0 saturated carbocycles. The van der Waals surface area contributed by atoms with Gasteiger partial charge in [-0.25, -0.2) is 9.97 Å². The predicted molar refractivity (Wildman–Crippen MR) is 65.6 cm³/mol. The Kier molecular flexibility index (Phi) is 4.39. The summed E-state index contributed by atoms with van der Waals surface area (Å²) in [6.45, 7) is 2.48. The fourth-order valence-electron chi connectivity index (χ4n) is 1.87. The summed E-state index contributed by atoms with van der Waals surface area (Å²) in [7, 11) is 1.56. The van der Waals surface area contributed by atoms with Crippen LogP contribution in [0.4, 0.5) is 5.82 Å². The van der Waals surface area contributed by atoms with Crippen LogP contribution in [0.25, 0.3) is 0 Å². The van der Waals surface area contributed by atoms with Crippen molar-refractivity contribution in [2.75, 3.05) is 32.2 Å². The van der Waals surface area contributed by atoms with E-state index in [-0.39, 0.29) is 0 Å². The predicted octanol–water partition coefficient (Wildman–Crippen LogP) is 1.98. The van der Waals surface area contributed by atoms with Crippen molar-refractivity contribution in [3.63, 3.8) is 0 Å². The lowest BCUT2D eigenvalue weighted by molar-refractivity contribution is 0.0594. The summed E-state index contributed by atoms with van der Waals surface area (Å²) in [6.07, 6.45) is 3.71. The number of halogens is 1. The van der Waals surface area contributed by atoms with Gasteiger partial charge in [-0.1, -0.05) is 11.6 Å².